The van der Waals surface area contributed by atoms with Crippen molar-refractivity contribution in [2.45, 2.75) is 31.8 Å². The van der Waals surface area contributed by atoms with Crippen molar-refractivity contribution in [1.82, 2.24) is 10.2 Å². The maximum atomic E-state index is 11.8. The summed E-state index contributed by atoms with van der Waals surface area (Å²) in [5, 5.41) is 13.4. The van der Waals surface area contributed by atoms with E-state index in [1.54, 1.807) is 24.3 Å². The van der Waals surface area contributed by atoms with Gasteiger partial charge in [0.05, 0.1) is 12.5 Å². The molecule has 6 heteroatoms. The molecule has 2 N–H and O–H groups in total. The number of carbonyl (C=O) groups excluding carboxylic acids is 2. The molecule has 1 saturated heterocycles. The Balaban J connectivity index is 1.65. The summed E-state index contributed by atoms with van der Waals surface area (Å²) in [6, 6.07) is 6.79. The summed E-state index contributed by atoms with van der Waals surface area (Å²) < 4.78 is 0. The van der Waals surface area contributed by atoms with Gasteiger partial charge < -0.3 is 15.3 Å². The van der Waals surface area contributed by atoms with E-state index in [0.29, 0.717) is 30.1 Å². The standard InChI is InChI=1S/C16H21ClN2O3/c17-13-6-4-12(5-7-13)14(20)11-15(21)18-8-2-10-19-9-1-3-16(19)22/h4-7,14,20H,1-3,8-11H2,(H,18,21). The van der Waals surface area contributed by atoms with Crippen molar-refractivity contribution < 1.29 is 14.7 Å². The Labute approximate surface area is 135 Å². The van der Waals surface area contributed by atoms with Crippen molar-refractivity contribution >= 4 is 23.4 Å². The van der Waals surface area contributed by atoms with Crippen LogP contribution in [0.25, 0.3) is 0 Å². The Bertz CT molecular complexity index is 519. The van der Waals surface area contributed by atoms with Gasteiger partial charge in [-0.1, -0.05) is 23.7 Å². The van der Waals surface area contributed by atoms with E-state index in [2.05, 4.69) is 5.32 Å². The van der Waals surface area contributed by atoms with Crippen molar-refractivity contribution in [3.05, 3.63) is 34.9 Å². The van der Waals surface area contributed by atoms with Crippen LogP contribution < -0.4 is 5.32 Å². The fourth-order valence-electron chi connectivity index (χ4n) is 2.49. The van der Waals surface area contributed by atoms with E-state index in [0.717, 1.165) is 19.4 Å². The van der Waals surface area contributed by atoms with Gasteiger partial charge in [0, 0.05) is 31.1 Å². The zero-order valence-corrected chi connectivity index (χ0v) is 13.2. The number of rotatable bonds is 7. The number of amides is 2. The van der Waals surface area contributed by atoms with Crippen LogP contribution in [-0.2, 0) is 9.59 Å². The molecule has 1 aliphatic heterocycles. The number of aliphatic hydroxyl groups excluding tert-OH is 1. The van der Waals surface area contributed by atoms with Crippen LogP contribution in [0.4, 0.5) is 0 Å². The molecule has 0 aromatic heterocycles. The number of nitrogens with zero attached hydrogens (tertiary/aromatic N) is 1. The third-order valence-electron chi connectivity index (χ3n) is 3.73. The van der Waals surface area contributed by atoms with Crippen LogP contribution >= 0.6 is 11.6 Å². The molecule has 0 aliphatic carbocycles. The van der Waals surface area contributed by atoms with Crippen molar-refractivity contribution in [1.29, 1.82) is 0 Å². The lowest BCUT2D eigenvalue weighted by Crippen LogP contribution is -2.31. The molecule has 1 aliphatic rings. The number of hydrogen-bond acceptors (Lipinski definition) is 3. The first kappa shape index (κ1) is 16.8. The second-order valence-electron chi connectivity index (χ2n) is 5.46. The number of halogens is 1. The lowest BCUT2D eigenvalue weighted by atomic mass is 10.1. The maximum absolute atomic E-state index is 11.8. The van der Waals surface area contributed by atoms with Crippen molar-refractivity contribution in [2.75, 3.05) is 19.6 Å². The van der Waals surface area contributed by atoms with Gasteiger partial charge in [-0.3, -0.25) is 9.59 Å². The van der Waals surface area contributed by atoms with Crippen LogP contribution in [-0.4, -0.2) is 41.5 Å². The summed E-state index contributed by atoms with van der Waals surface area (Å²) in [4.78, 5) is 25.0. The molecule has 1 aromatic rings. The molecule has 1 fully saturated rings. The number of nitrogens with one attached hydrogen (secondary N) is 1. The highest BCUT2D eigenvalue weighted by Gasteiger charge is 2.19. The lowest BCUT2D eigenvalue weighted by Gasteiger charge is -2.15. The highest BCUT2D eigenvalue weighted by atomic mass is 35.5. The summed E-state index contributed by atoms with van der Waals surface area (Å²) >= 11 is 5.78. The van der Waals surface area contributed by atoms with Crippen molar-refractivity contribution in [2.24, 2.45) is 0 Å². The molecule has 1 heterocycles. The SMILES string of the molecule is O=C(CC(O)c1ccc(Cl)cc1)NCCCN1CCCC1=O. The molecule has 5 nitrogen and oxygen atoms in total. The Morgan fingerprint density at radius 2 is 2.09 bits per heavy atom. The van der Waals surface area contributed by atoms with Gasteiger partial charge >= 0.3 is 0 Å². The highest BCUT2D eigenvalue weighted by molar-refractivity contribution is 6.30. The number of likely N-dealkylation sites (tertiary alicyclic amines) is 1. The normalized spacial score (nSPS) is 15.9. The molecule has 0 spiro atoms. The van der Waals surface area contributed by atoms with Crippen LogP contribution in [0.2, 0.25) is 5.02 Å². The van der Waals surface area contributed by atoms with E-state index in [1.165, 1.54) is 0 Å². The van der Waals surface area contributed by atoms with Gasteiger partial charge in [-0.15, -0.1) is 0 Å². The van der Waals surface area contributed by atoms with E-state index in [-0.39, 0.29) is 18.2 Å². The predicted octanol–water partition coefficient (Wildman–Crippen LogP) is 1.89. The van der Waals surface area contributed by atoms with Gasteiger partial charge in [0.15, 0.2) is 0 Å². The molecular weight excluding hydrogens is 304 g/mol. The van der Waals surface area contributed by atoms with Crippen molar-refractivity contribution in [3.63, 3.8) is 0 Å². The maximum Gasteiger partial charge on any atom is 0.222 e. The fraction of sp³-hybridized carbons (Fsp3) is 0.500. The minimum atomic E-state index is -0.836. The van der Waals surface area contributed by atoms with Crippen LogP contribution in [0.3, 0.4) is 0 Å². The molecule has 1 atom stereocenters. The smallest absolute Gasteiger partial charge is 0.222 e. The van der Waals surface area contributed by atoms with Gasteiger partial charge in [-0.25, -0.2) is 0 Å². The predicted molar refractivity (Wildman–Crippen MR) is 84.5 cm³/mol. The van der Waals surface area contributed by atoms with Gasteiger partial charge in [-0.2, -0.15) is 0 Å². The molecular formula is C16H21ClN2O3. The Morgan fingerprint density at radius 3 is 2.73 bits per heavy atom. The number of benzene rings is 1. The van der Waals surface area contributed by atoms with Crippen LogP contribution in [0, 0.1) is 0 Å². The largest absolute Gasteiger partial charge is 0.388 e. The summed E-state index contributed by atoms with van der Waals surface area (Å²) in [5.74, 6) is -0.000291. The van der Waals surface area contributed by atoms with Crippen molar-refractivity contribution in [3.8, 4) is 0 Å². The molecule has 0 bridgehead atoms. The Morgan fingerprint density at radius 1 is 1.36 bits per heavy atom. The Hall–Kier alpha value is -1.59. The molecule has 2 amide bonds. The van der Waals surface area contributed by atoms with E-state index >= 15 is 0 Å². The Kier molecular flexibility index (Phi) is 6.21. The molecule has 120 valence electrons. The third-order valence-corrected chi connectivity index (χ3v) is 3.98. The minimum Gasteiger partial charge on any atom is -0.388 e. The first-order chi connectivity index (χ1) is 10.6. The summed E-state index contributed by atoms with van der Waals surface area (Å²) in [6.07, 6.45) is 1.48. The number of aliphatic hydroxyl groups is 1. The molecule has 1 aromatic carbocycles. The first-order valence-corrected chi connectivity index (χ1v) is 7.92. The van der Waals surface area contributed by atoms with Gasteiger partial charge in [0.2, 0.25) is 11.8 Å². The van der Waals surface area contributed by atoms with Crippen LogP contribution in [0.15, 0.2) is 24.3 Å². The van der Waals surface area contributed by atoms with E-state index in [9.17, 15) is 14.7 Å². The zero-order chi connectivity index (χ0) is 15.9. The topological polar surface area (TPSA) is 69.6 Å². The average molecular weight is 325 g/mol. The van der Waals surface area contributed by atoms with E-state index < -0.39 is 6.10 Å². The molecule has 1 unspecified atom stereocenters. The molecule has 0 radical (unpaired) electrons. The first-order valence-electron chi connectivity index (χ1n) is 7.54. The summed E-state index contributed by atoms with van der Waals surface area (Å²) in [5.41, 5.74) is 0.669. The molecule has 0 saturated carbocycles. The average Bonchev–Trinajstić information content (AvgIpc) is 2.89. The number of hydrogen-bond donors (Lipinski definition) is 2. The quantitative estimate of drug-likeness (QED) is 0.753. The second kappa shape index (κ2) is 8.15. The monoisotopic (exact) mass is 324 g/mol. The molecule has 2 rings (SSSR count). The van der Waals surface area contributed by atoms with E-state index in [4.69, 9.17) is 11.6 Å². The third kappa shape index (κ3) is 5.00. The summed E-state index contributed by atoms with van der Waals surface area (Å²) in [6.45, 7) is 2.01. The van der Waals surface area contributed by atoms with Crippen LogP contribution in [0.5, 0.6) is 0 Å². The minimum absolute atomic E-state index is 0.0181. The molecule has 22 heavy (non-hydrogen) atoms. The zero-order valence-electron chi connectivity index (χ0n) is 12.4. The highest BCUT2D eigenvalue weighted by Crippen LogP contribution is 2.18. The fourth-order valence-corrected chi connectivity index (χ4v) is 2.61. The lowest BCUT2D eigenvalue weighted by molar-refractivity contribution is -0.127. The summed E-state index contributed by atoms with van der Waals surface area (Å²) in [7, 11) is 0. The van der Waals surface area contributed by atoms with Gasteiger partial charge in [0.1, 0.15) is 0 Å². The van der Waals surface area contributed by atoms with Gasteiger partial charge in [-0.05, 0) is 30.5 Å². The van der Waals surface area contributed by atoms with E-state index in [1.807, 2.05) is 4.90 Å². The number of carbonyl (C=O) groups is 2. The second-order valence-corrected chi connectivity index (χ2v) is 5.90. The van der Waals surface area contributed by atoms with Gasteiger partial charge in [0.25, 0.3) is 0 Å². The van der Waals surface area contributed by atoms with Crippen LogP contribution in [0.1, 0.15) is 37.4 Å².